The van der Waals surface area contributed by atoms with Crippen LogP contribution in [0.25, 0.3) is 0 Å². The normalized spacial score (nSPS) is 22.8. The highest BCUT2D eigenvalue weighted by molar-refractivity contribution is 5.60. The molecule has 1 aromatic rings. The summed E-state index contributed by atoms with van der Waals surface area (Å²) in [5.41, 5.74) is 2.44. The molecule has 0 spiro atoms. The minimum absolute atomic E-state index is 0.0147. The maximum absolute atomic E-state index is 9.28. The number of aliphatic hydroxyl groups excluding tert-OH is 1. The minimum atomic E-state index is -0.0147. The van der Waals surface area contributed by atoms with Crippen LogP contribution in [0.2, 0.25) is 0 Å². The van der Waals surface area contributed by atoms with E-state index in [1.807, 2.05) is 12.1 Å². The van der Waals surface area contributed by atoms with Gasteiger partial charge in [0.2, 0.25) is 0 Å². The van der Waals surface area contributed by atoms with Gasteiger partial charge >= 0.3 is 0 Å². The van der Waals surface area contributed by atoms with Gasteiger partial charge in [0.15, 0.2) is 0 Å². The number of hydrogen-bond acceptors (Lipinski definition) is 3. The first-order valence-electron chi connectivity index (χ1n) is 7.02. The number of nitriles is 1. The Bertz CT molecular complexity index is 478. The first-order valence-corrected chi connectivity index (χ1v) is 7.02. The zero-order chi connectivity index (χ0) is 13.8. The lowest BCUT2D eigenvalue weighted by atomic mass is 9.86. The summed E-state index contributed by atoms with van der Waals surface area (Å²) >= 11 is 0. The van der Waals surface area contributed by atoms with E-state index in [1.54, 1.807) is 6.07 Å². The first kappa shape index (κ1) is 13.9. The fraction of sp³-hybridized carbons (Fsp3) is 0.562. The van der Waals surface area contributed by atoms with E-state index in [-0.39, 0.29) is 6.61 Å². The highest BCUT2D eigenvalue weighted by atomic mass is 16.3. The van der Waals surface area contributed by atoms with Crippen LogP contribution in [0.15, 0.2) is 18.2 Å². The van der Waals surface area contributed by atoms with Crippen molar-refractivity contribution in [1.29, 1.82) is 5.26 Å². The summed E-state index contributed by atoms with van der Waals surface area (Å²) in [4.78, 5) is 2.25. The Kier molecular flexibility index (Phi) is 4.44. The van der Waals surface area contributed by atoms with E-state index in [4.69, 9.17) is 5.11 Å². The van der Waals surface area contributed by atoms with E-state index in [0.29, 0.717) is 11.6 Å². The average Bonchev–Trinajstić information content (AvgIpc) is 2.45. The molecule has 1 saturated carbocycles. The molecule has 1 aliphatic rings. The average molecular weight is 258 g/mol. The van der Waals surface area contributed by atoms with Gasteiger partial charge in [-0.15, -0.1) is 0 Å². The molecule has 2 rings (SSSR count). The standard InChI is InChI=1S/C16H22N2O/c1-12-4-3-5-15(8-12)18(2)16-7-6-13(11-19)9-14(16)10-17/h6-7,9,12,15,19H,3-5,8,11H2,1-2H3. The maximum atomic E-state index is 9.28. The summed E-state index contributed by atoms with van der Waals surface area (Å²) in [7, 11) is 2.08. The van der Waals surface area contributed by atoms with Gasteiger partial charge in [-0.2, -0.15) is 5.26 Å². The van der Waals surface area contributed by atoms with Gasteiger partial charge in [-0.3, -0.25) is 0 Å². The van der Waals surface area contributed by atoms with Crippen molar-refractivity contribution >= 4 is 5.69 Å². The Hall–Kier alpha value is -1.53. The summed E-state index contributed by atoms with van der Waals surface area (Å²) in [5.74, 6) is 0.767. The Morgan fingerprint density at radius 2 is 2.21 bits per heavy atom. The lowest BCUT2D eigenvalue weighted by Crippen LogP contribution is -2.36. The molecule has 102 valence electrons. The van der Waals surface area contributed by atoms with E-state index < -0.39 is 0 Å². The van der Waals surface area contributed by atoms with Crippen molar-refractivity contribution in [3.8, 4) is 6.07 Å². The Morgan fingerprint density at radius 3 is 2.84 bits per heavy atom. The molecular formula is C16H22N2O. The van der Waals surface area contributed by atoms with Gasteiger partial charge in [-0.05, 0) is 36.5 Å². The fourth-order valence-electron chi connectivity index (χ4n) is 3.03. The minimum Gasteiger partial charge on any atom is -0.392 e. The van der Waals surface area contributed by atoms with E-state index >= 15 is 0 Å². The van der Waals surface area contributed by atoms with Crippen LogP contribution in [-0.4, -0.2) is 18.2 Å². The molecule has 0 saturated heterocycles. The molecule has 1 aromatic carbocycles. The van der Waals surface area contributed by atoms with E-state index in [2.05, 4.69) is 24.9 Å². The topological polar surface area (TPSA) is 47.3 Å². The number of anilines is 1. The molecule has 0 aromatic heterocycles. The van der Waals surface area contributed by atoms with Crippen LogP contribution in [0.3, 0.4) is 0 Å². The van der Waals surface area contributed by atoms with Crippen molar-refractivity contribution in [3.63, 3.8) is 0 Å². The summed E-state index contributed by atoms with van der Waals surface area (Å²) in [6.07, 6.45) is 4.99. The molecule has 0 bridgehead atoms. The molecule has 19 heavy (non-hydrogen) atoms. The van der Waals surface area contributed by atoms with Gasteiger partial charge in [-0.25, -0.2) is 0 Å². The molecule has 3 heteroatoms. The maximum Gasteiger partial charge on any atom is 0.101 e. The number of hydrogen-bond donors (Lipinski definition) is 1. The molecule has 1 aliphatic carbocycles. The molecule has 1 N–H and O–H groups in total. The summed E-state index contributed by atoms with van der Waals surface area (Å²) in [6, 6.07) is 8.43. The number of nitrogens with zero attached hydrogens (tertiary/aromatic N) is 2. The van der Waals surface area contributed by atoms with Crippen LogP contribution in [0.4, 0.5) is 5.69 Å². The Labute approximate surface area is 115 Å². The molecule has 3 nitrogen and oxygen atoms in total. The van der Waals surface area contributed by atoms with Gasteiger partial charge in [0.1, 0.15) is 6.07 Å². The molecule has 2 atom stereocenters. The van der Waals surface area contributed by atoms with Gasteiger partial charge in [-0.1, -0.05) is 25.8 Å². The molecular weight excluding hydrogens is 236 g/mol. The van der Waals surface area contributed by atoms with Gasteiger partial charge < -0.3 is 10.0 Å². The van der Waals surface area contributed by atoms with Crippen LogP contribution < -0.4 is 4.90 Å². The summed E-state index contributed by atoms with van der Waals surface area (Å²) in [6.45, 7) is 2.29. The fourth-order valence-corrected chi connectivity index (χ4v) is 3.03. The molecule has 2 unspecified atom stereocenters. The van der Waals surface area contributed by atoms with Crippen molar-refractivity contribution in [2.24, 2.45) is 5.92 Å². The molecule has 0 radical (unpaired) electrons. The van der Waals surface area contributed by atoms with E-state index in [0.717, 1.165) is 17.2 Å². The second-order valence-corrected chi connectivity index (χ2v) is 5.66. The monoisotopic (exact) mass is 258 g/mol. The predicted octanol–water partition coefficient (Wildman–Crippen LogP) is 3.07. The second kappa shape index (κ2) is 6.08. The van der Waals surface area contributed by atoms with Crippen molar-refractivity contribution in [3.05, 3.63) is 29.3 Å². The van der Waals surface area contributed by atoms with Gasteiger partial charge in [0, 0.05) is 13.1 Å². The van der Waals surface area contributed by atoms with Crippen LogP contribution >= 0.6 is 0 Å². The lowest BCUT2D eigenvalue weighted by molar-refractivity contribution is 0.282. The summed E-state index contributed by atoms with van der Waals surface area (Å²) in [5, 5.41) is 18.4. The zero-order valence-electron chi connectivity index (χ0n) is 11.8. The van der Waals surface area contributed by atoms with Gasteiger partial charge in [0.05, 0.1) is 17.9 Å². The van der Waals surface area contributed by atoms with Crippen LogP contribution in [0, 0.1) is 17.2 Å². The number of rotatable bonds is 3. The molecule has 0 amide bonds. The Morgan fingerprint density at radius 1 is 1.42 bits per heavy atom. The van der Waals surface area contributed by atoms with Crippen molar-refractivity contribution < 1.29 is 5.11 Å². The molecule has 0 heterocycles. The smallest absolute Gasteiger partial charge is 0.101 e. The van der Waals surface area contributed by atoms with Crippen LogP contribution in [0.5, 0.6) is 0 Å². The zero-order valence-corrected chi connectivity index (χ0v) is 11.8. The quantitative estimate of drug-likeness (QED) is 0.906. The highest BCUT2D eigenvalue weighted by Crippen LogP contribution is 2.31. The third-order valence-corrected chi connectivity index (χ3v) is 4.20. The largest absolute Gasteiger partial charge is 0.392 e. The second-order valence-electron chi connectivity index (χ2n) is 5.66. The number of benzene rings is 1. The highest BCUT2D eigenvalue weighted by Gasteiger charge is 2.23. The van der Waals surface area contributed by atoms with Crippen molar-refractivity contribution in [2.45, 2.75) is 45.3 Å². The van der Waals surface area contributed by atoms with Crippen molar-refractivity contribution in [2.75, 3.05) is 11.9 Å². The Balaban J connectivity index is 2.23. The van der Waals surface area contributed by atoms with Crippen LogP contribution in [0.1, 0.15) is 43.7 Å². The van der Waals surface area contributed by atoms with Crippen molar-refractivity contribution in [1.82, 2.24) is 0 Å². The first-order chi connectivity index (χ1) is 9.15. The SMILES string of the molecule is CC1CCCC(N(C)c2ccc(CO)cc2C#N)C1. The predicted molar refractivity (Wildman–Crippen MR) is 76.9 cm³/mol. The van der Waals surface area contributed by atoms with E-state index in [9.17, 15) is 5.26 Å². The lowest BCUT2D eigenvalue weighted by Gasteiger charge is -2.36. The van der Waals surface area contributed by atoms with E-state index in [1.165, 1.54) is 25.7 Å². The summed E-state index contributed by atoms with van der Waals surface area (Å²) < 4.78 is 0. The third-order valence-electron chi connectivity index (χ3n) is 4.20. The van der Waals surface area contributed by atoms with Gasteiger partial charge in [0.25, 0.3) is 0 Å². The molecule has 0 aliphatic heterocycles. The number of aliphatic hydroxyl groups is 1. The third kappa shape index (κ3) is 3.08. The van der Waals surface area contributed by atoms with Crippen LogP contribution in [-0.2, 0) is 6.61 Å². The molecule has 1 fully saturated rings.